The van der Waals surface area contributed by atoms with Crippen LogP contribution in [0.15, 0.2) is 11.4 Å². The van der Waals surface area contributed by atoms with Gasteiger partial charge >= 0.3 is 5.97 Å². The average molecular weight is 227 g/mol. The van der Waals surface area contributed by atoms with Gasteiger partial charge in [-0.25, -0.2) is 4.79 Å². The van der Waals surface area contributed by atoms with Crippen LogP contribution < -0.4 is 5.73 Å². The maximum absolute atomic E-state index is 11.4. The minimum Gasteiger partial charge on any atom is -0.434 e. The minimum absolute atomic E-state index is 0.0205. The van der Waals surface area contributed by atoms with Gasteiger partial charge in [-0.15, -0.1) is 11.3 Å². The highest BCUT2D eigenvalue weighted by molar-refractivity contribution is 7.12. The van der Waals surface area contributed by atoms with Crippen LogP contribution >= 0.6 is 11.3 Å². The summed E-state index contributed by atoms with van der Waals surface area (Å²) in [5.41, 5.74) is 6.04. The molecule has 0 bridgehead atoms. The molecule has 0 atom stereocenters. The van der Waals surface area contributed by atoms with Crippen LogP contribution in [0.5, 0.6) is 0 Å². The lowest BCUT2D eigenvalue weighted by molar-refractivity contribution is -0.0340. The number of anilines is 1. The molecule has 4 nitrogen and oxygen atoms in total. The molecule has 5 heteroatoms. The topological polar surface area (TPSA) is 61.6 Å². The Morgan fingerprint density at radius 2 is 2.40 bits per heavy atom. The predicted molar refractivity (Wildman–Crippen MR) is 57.7 cm³/mol. The molecular formula is C10H13NO3S. The van der Waals surface area contributed by atoms with E-state index < -0.39 is 5.97 Å². The molecule has 0 saturated heterocycles. The van der Waals surface area contributed by atoms with E-state index in [1.54, 1.807) is 11.4 Å². The fourth-order valence-electron chi connectivity index (χ4n) is 1.15. The van der Waals surface area contributed by atoms with Gasteiger partial charge in [0.25, 0.3) is 0 Å². The maximum atomic E-state index is 11.4. The van der Waals surface area contributed by atoms with Crippen molar-refractivity contribution in [1.82, 2.24) is 0 Å². The lowest BCUT2D eigenvalue weighted by Crippen LogP contribution is -2.10. The Morgan fingerprint density at radius 1 is 1.60 bits per heavy atom. The Kier molecular flexibility index (Phi) is 3.23. The predicted octanol–water partition coefficient (Wildman–Crippen LogP) is 1.87. The number of esters is 1. The first kappa shape index (κ1) is 10.4. The summed E-state index contributed by atoms with van der Waals surface area (Å²) in [6.45, 7) is 0.708. The average Bonchev–Trinajstić information content (AvgIpc) is 2.94. The van der Waals surface area contributed by atoms with Gasteiger partial charge in [-0.1, -0.05) is 0 Å². The van der Waals surface area contributed by atoms with E-state index in [2.05, 4.69) is 0 Å². The first-order chi connectivity index (χ1) is 7.27. The number of nitrogens with two attached hydrogens (primary N) is 1. The molecule has 2 rings (SSSR count). The molecule has 0 aromatic carbocycles. The number of ether oxygens (including phenoxy) is 2. The second kappa shape index (κ2) is 4.63. The first-order valence-corrected chi connectivity index (χ1v) is 5.73. The van der Waals surface area contributed by atoms with E-state index in [0.29, 0.717) is 23.1 Å². The van der Waals surface area contributed by atoms with Crippen LogP contribution in [0, 0.1) is 5.92 Å². The Morgan fingerprint density at radius 3 is 3.00 bits per heavy atom. The lowest BCUT2D eigenvalue weighted by Gasteiger charge is -2.04. The molecule has 0 amide bonds. The molecule has 1 aliphatic carbocycles. The molecule has 2 N–H and O–H groups in total. The van der Waals surface area contributed by atoms with Crippen LogP contribution in [0.4, 0.5) is 5.69 Å². The van der Waals surface area contributed by atoms with E-state index >= 15 is 0 Å². The van der Waals surface area contributed by atoms with Crippen molar-refractivity contribution in [2.45, 2.75) is 12.8 Å². The second-order valence-corrected chi connectivity index (χ2v) is 4.48. The normalized spacial score (nSPS) is 15.2. The van der Waals surface area contributed by atoms with E-state index in [1.807, 2.05) is 0 Å². The Labute approximate surface area is 92.0 Å². The van der Waals surface area contributed by atoms with E-state index in [4.69, 9.17) is 15.2 Å². The molecule has 1 aromatic heterocycles. The van der Waals surface area contributed by atoms with Crippen molar-refractivity contribution in [1.29, 1.82) is 0 Å². The van der Waals surface area contributed by atoms with Gasteiger partial charge < -0.3 is 15.2 Å². The molecule has 1 saturated carbocycles. The Balaban J connectivity index is 1.69. The van der Waals surface area contributed by atoms with Crippen molar-refractivity contribution in [2.24, 2.45) is 5.92 Å². The zero-order valence-corrected chi connectivity index (χ0v) is 9.09. The summed E-state index contributed by atoms with van der Waals surface area (Å²) in [5.74, 6) is 0.272. The highest BCUT2D eigenvalue weighted by atomic mass is 32.1. The number of carbonyl (C=O) groups is 1. The summed E-state index contributed by atoms with van der Waals surface area (Å²) in [6.07, 6.45) is 2.46. The number of hydrogen-bond acceptors (Lipinski definition) is 5. The fraction of sp³-hybridized carbons (Fsp3) is 0.500. The molecule has 1 heterocycles. The maximum Gasteiger partial charge on any atom is 0.352 e. The van der Waals surface area contributed by atoms with Gasteiger partial charge in [0.05, 0.1) is 12.3 Å². The van der Waals surface area contributed by atoms with Crippen LogP contribution in [0.3, 0.4) is 0 Å². The third-order valence-electron chi connectivity index (χ3n) is 2.20. The summed E-state index contributed by atoms with van der Waals surface area (Å²) in [7, 11) is 0. The zero-order chi connectivity index (χ0) is 10.7. The van der Waals surface area contributed by atoms with Crippen molar-refractivity contribution >= 4 is 23.0 Å². The molecule has 0 aliphatic heterocycles. The lowest BCUT2D eigenvalue weighted by atomic mass is 10.4. The van der Waals surface area contributed by atoms with Crippen molar-refractivity contribution in [2.75, 3.05) is 19.1 Å². The van der Waals surface area contributed by atoms with Crippen molar-refractivity contribution < 1.29 is 14.3 Å². The monoisotopic (exact) mass is 227 g/mol. The first-order valence-electron chi connectivity index (χ1n) is 4.85. The number of carbonyl (C=O) groups excluding carboxylic acids is 1. The van der Waals surface area contributed by atoms with Gasteiger partial charge in [-0.05, 0) is 30.2 Å². The molecular weight excluding hydrogens is 214 g/mol. The highest BCUT2D eigenvalue weighted by Crippen LogP contribution is 2.28. The Bertz CT molecular complexity index is 346. The summed E-state index contributed by atoms with van der Waals surface area (Å²) in [6, 6.07) is 1.69. The van der Waals surface area contributed by atoms with Crippen molar-refractivity contribution in [3.63, 3.8) is 0 Å². The zero-order valence-electron chi connectivity index (χ0n) is 8.27. The van der Waals surface area contributed by atoms with E-state index in [-0.39, 0.29) is 6.79 Å². The van der Waals surface area contributed by atoms with Gasteiger partial charge in [0, 0.05) is 0 Å². The highest BCUT2D eigenvalue weighted by Gasteiger charge is 2.21. The quantitative estimate of drug-likeness (QED) is 0.474. The van der Waals surface area contributed by atoms with Crippen molar-refractivity contribution in [3.8, 4) is 0 Å². The summed E-state index contributed by atoms with van der Waals surface area (Å²) in [5, 5.41) is 1.76. The fourth-order valence-corrected chi connectivity index (χ4v) is 1.86. The van der Waals surface area contributed by atoms with Crippen molar-refractivity contribution in [3.05, 3.63) is 16.3 Å². The SMILES string of the molecule is Nc1ccsc1C(=O)OCOCC1CC1. The Hall–Kier alpha value is -1.07. The molecule has 1 fully saturated rings. The smallest absolute Gasteiger partial charge is 0.352 e. The largest absolute Gasteiger partial charge is 0.434 e. The molecule has 15 heavy (non-hydrogen) atoms. The molecule has 0 radical (unpaired) electrons. The minimum atomic E-state index is -0.404. The van der Waals surface area contributed by atoms with Gasteiger partial charge in [-0.3, -0.25) is 0 Å². The van der Waals surface area contributed by atoms with Crippen LogP contribution in [0.2, 0.25) is 0 Å². The summed E-state index contributed by atoms with van der Waals surface area (Å²) >= 11 is 1.28. The molecule has 0 unspecified atom stereocenters. The molecule has 1 aromatic rings. The van der Waals surface area contributed by atoms with Gasteiger partial charge in [0.2, 0.25) is 0 Å². The second-order valence-electron chi connectivity index (χ2n) is 3.57. The van der Waals surface area contributed by atoms with Gasteiger partial charge in [0.15, 0.2) is 6.79 Å². The van der Waals surface area contributed by atoms with Crippen LogP contribution in [-0.2, 0) is 9.47 Å². The summed E-state index contributed by atoms with van der Waals surface area (Å²) < 4.78 is 10.1. The third kappa shape index (κ3) is 2.94. The third-order valence-corrected chi connectivity index (χ3v) is 3.12. The van der Waals surface area contributed by atoms with Crippen LogP contribution in [0.1, 0.15) is 22.5 Å². The number of thiophene rings is 1. The van der Waals surface area contributed by atoms with Gasteiger partial charge in [0.1, 0.15) is 4.88 Å². The molecule has 82 valence electrons. The standard InChI is InChI=1S/C10H13NO3S/c11-8-3-4-15-9(8)10(12)14-6-13-5-7-1-2-7/h3-4,7H,1-2,5-6,11H2. The summed E-state index contributed by atoms with van der Waals surface area (Å²) in [4.78, 5) is 11.9. The van der Waals surface area contributed by atoms with E-state index in [1.165, 1.54) is 24.2 Å². The molecule has 0 spiro atoms. The van der Waals surface area contributed by atoms with Crippen LogP contribution in [-0.4, -0.2) is 19.4 Å². The molecule has 1 aliphatic rings. The number of nitrogen functional groups attached to an aromatic ring is 1. The number of rotatable bonds is 5. The van der Waals surface area contributed by atoms with E-state index in [0.717, 1.165) is 0 Å². The van der Waals surface area contributed by atoms with E-state index in [9.17, 15) is 4.79 Å². The van der Waals surface area contributed by atoms with Crippen LogP contribution in [0.25, 0.3) is 0 Å². The van der Waals surface area contributed by atoms with Gasteiger partial charge in [-0.2, -0.15) is 0 Å². The number of hydrogen-bond donors (Lipinski definition) is 1.